The number of hydrogen-bond donors (Lipinski definition) is 2. The third kappa shape index (κ3) is 5.04. The summed E-state index contributed by atoms with van der Waals surface area (Å²) >= 11 is 0. The van der Waals surface area contributed by atoms with Crippen molar-refractivity contribution in [2.45, 2.75) is 13.0 Å². The van der Waals surface area contributed by atoms with E-state index in [-0.39, 0.29) is 23.2 Å². The number of amides is 2. The number of carbonyl (C=O) groups excluding carboxylic acids is 2. The molecule has 0 saturated heterocycles. The van der Waals surface area contributed by atoms with Crippen LogP contribution in [0, 0.1) is 5.82 Å². The molecule has 1 heterocycles. The van der Waals surface area contributed by atoms with Gasteiger partial charge < -0.3 is 20.9 Å². The van der Waals surface area contributed by atoms with E-state index in [2.05, 4.69) is 9.97 Å². The van der Waals surface area contributed by atoms with Crippen molar-refractivity contribution in [2.24, 2.45) is 11.5 Å². The van der Waals surface area contributed by atoms with Crippen molar-refractivity contribution in [1.29, 1.82) is 0 Å². The minimum Gasteiger partial charge on any atom is -0.464 e. The first kappa shape index (κ1) is 19.7. The van der Waals surface area contributed by atoms with Gasteiger partial charge in [-0.15, -0.1) is 0 Å². The number of halogens is 1. The predicted molar refractivity (Wildman–Crippen MR) is 102 cm³/mol. The summed E-state index contributed by atoms with van der Waals surface area (Å²) in [5.74, 6) is -0.687. The molecule has 0 radical (unpaired) electrons. The highest BCUT2D eigenvalue weighted by Crippen LogP contribution is 2.26. The van der Waals surface area contributed by atoms with Crippen LogP contribution in [0.2, 0.25) is 0 Å². The van der Waals surface area contributed by atoms with Crippen molar-refractivity contribution in [2.75, 3.05) is 0 Å². The molecule has 0 aliphatic carbocycles. The summed E-state index contributed by atoms with van der Waals surface area (Å²) in [4.78, 5) is 31.1. The van der Waals surface area contributed by atoms with Gasteiger partial charge >= 0.3 is 0 Å². The van der Waals surface area contributed by atoms with Crippen LogP contribution in [0.15, 0.2) is 54.6 Å². The maximum absolute atomic E-state index is 13.0. The fourth-order valence-corrected chi connectivity index (χ4v) is 2.29. The Morgan fingerprint density at radius 2 is 1.55 bits per heavy atom. The van der Waals surface area contributed by atoms with Crippen LogP contribution in [0.1, 0.15) is 17.4 Å². The van der Waals surface area contributed by atoms with Crippen molar-refractivity contribution >= 4 is 11.8 Å². The molecule has 148 valence electrons. The van der Waals surface area contributed by atoms with Gasteiger partial charge in [0.1, 0.15) is 23.0 Å². The molecule has 1 atom stereocenters. The van der Waals surface area contributed by atoms with Crippen molar-refractivity contribution in [3.63, 3.8) is 0 Å². The summed E-state index contributed by atoms with van der Waals surface area (Å²) in [5, 5.41) is 0. The molecule has 0 unspecified atom stereocenters. The third-order valence-corrected chi connectivity index (χ3v) is 3.82. The van der Waals surface area contributed by atoms with Gasteiger partial charge in [-0.2, -0.15) is 4.98 Å². The number of nitrogens with zero attached hydrogens (tertiary/aromatic N) is 2. The Morgan fingerprint density at radius 3 is 2.10 bits per heavy atom. The lowest BCUT2D eigenvalue weighted by Gasteiger charge is -2.12. The fourth-order valence-electron chi connectivity index (χ4n) is 2.29. The second-order valence-electron chi connectivity index (χ2n) is 6.02. The lowest BCUT2D eigenvalue weighted by atomic mass is 10.2. The monoisotopic (exact) mass is 396 g/mol. The zero-order valence-corrected chi connectivity index (χ0v) is 15.3. The molecule has 2 amide bonds. The van der Waals surface area contributed by atoms with Crippen molar-refractivity contribution < 1.29 is 23.5 Å². The summed E-state index contributed by atoms with van der Waals surface area (Å²) in [7, 11) is 0. The highest BCUT2D eigenvalue weighted by Gasteiger charge is 2.16. The van der Waals surface area contributed by atoms with Gasteiger partial charge in [-0.25, -0.2) is 9.37 Å². The number of carbonyl (C=O) groups is 2. The molecular weight excluding hydrogens is 379 g/mol. The van der Waals surface area contributed by atoms with Gasteiger partial charge in [0, 0.05) is 11.6 Å². The van der Waals surface area contributed by atoms with Crippen LogP contribution in [0.25, 0.3) is 11.4 Å². The summed E-state index contributed by atoms with van der Waals surface area (Å²) in [6, 6.07) is 13.5. The molecule has 3 aromatic rings. The van der Waals surface area contributed by atoms with Crippen LogP contribution in [0.5, 0.6) is 17.4 Å². The molecule has 9 heteroatoms. The average molecular weight is 396 g/mol. The maximum Gasteiger partial charge on any atom is 0.267 e. The van der Waals surface area contributed by atoms with Crippen molar-refractivity contribution in [1.82, 2.24) is 9.97 Å². The molecule has 8 nitrogen and oxygen atoms in total. The first-order valence-electron chi connectivity index (χ1n) is 8.50. The molecule has 0 fully saturated rings. The van der Waals surface area contributed by atoms with Crippen LogP contribution in [-0.4, -0.2) is 27.9 Å². The van der Waals surface area contributed by atoms with E-state index < -0.39 is 17.9 Å². The highest BCUT2D eigenvalue weighted by atomic mass is 19.1. The number of benzene rings is 2. The quantitative estimate of drug-likeness (QED) is 0.631. The summed E-state index contributed by atoms with van der Waals surface area (Å²) in [6.45, 7) is 1.45. The Balaban J connectivity index is 1.86. The minimum atomic E-state index is -0.954. The predicted octanol–water partition coefficient (Wildman–Crippen LogP) is 2.43. The van der Waals surface area contributed by atoms with Gasteiger partial charge in [0.05, 0.1) is 0 Å². The van der Waals surface area contributed by atoms with Gasteiger partial charge in [0.15, 0.2) is 11.9 Å². The van der Waals surface area contributed by atoms with Crippen LogP contribution in [0.4, 0.5) is 4.39 Å². The van der Waals surface area contributed by atoms with Crippen LogP contribution >= 0.6 is 0 Å². The van der Waals surface area contributed by atoms with E-state index in [9.17, 15) is 14.0 Å². The summed E-state index contributed by atoms with van der Waals surface area (Å²) in [6.07, 6.45) is -0.954. The fraction of sp³-hybridized carbons (Fsp3) is 0.100. The molecule has 3 rings (SSSR count). The Kier molecular flexibility index (Phi) is 5.68. The summed E-state index contributed by atoms with van der Waals surface area (Å²) in [5.41, 5.74) is 11.0. The van der Waals surface area contributed by atoms with E-state index in [4.69, 9.17) is 20.9 Å². The molecule has 0 aliphatic rings. The maximum atomic E-state index is 13.0. The highest BCUT2D eigenvalue weighted by molar-refractivity contribution is 5.91. The van der Waals surface area contributed by atoms with Gasteiger partial charge in [-0.3, -0.25) is 9.59 Å². The first-order valence-corrected chi connectivity index (χ1v) is 8.50. The second kappa shape index (κ2) is 8.34. The van der Waals surface area contributed by atoms with Crippen LogP contribution < -0.4 is 20.9 Å². The van der Waals surface area contributed by atoms with E-state index in [1.165, 1.54) is 37.3 Å². The zero-order valence-electron chi connectivity index (χ0n) is 15.3. The number of primary amides is 2. The Morgan fingerprint density at radius 1 is 0.966 bits per heavy atom. The SMILES string of the molecule is C[C@H](Oc1cc(C(N)=O)nc(-c2ccc(Oc3ccc(F)cc3)cc2)n1)C(N)=O. The number of aromatic nitrogens is 2. The molecule has 2 aromatic carbocycles. The third-order valence-electron chi connectivity index (χ3n) is 3.82. The first-order chi connectivity index (χ1) is 13.8. The zero-order chi connectivity index (χ0) is 21.0. The van der Waals surface area contributed by atoms with E-state index in [0.29, 0.717) is 17.1 Å². The van der Waals surface area contributed by atoms with Crippen molar-refractivity contribution in [3.05, 3.63) is 66.1 Å². The van der Waals surface area contributed by atoms with E-state index >= 15 is 0 Å². The van der Waals surface area contributed by atoms with Gasteiger partial charge in [-0.05, 0) is 55.5 Å². The smallest absolute Gasteiger partial charge is 0.267 e. The number of hydrogen-bond acceptors (Lipinski definition) is 6. The van der Waals surface area contributed by atoms with Gasteiger partial charge in [-0.1, -0.05) is 0 Å². The molecule has 29 heavy (non-hydrogen) atoms. The average Bonchev–Trinajstić information content (AvgIpc) is 2.70. The lowest BCUT2D eigenvalue weighted by molar-refractivity contribution is -0.124. The molecule has 0 saturated carbocycles. The Hall–Kier alpha value is -4.01. The number of rotatable bonds is 7. The molecular formula is C20H17FN4O4. The Labute approximate surface area is 165 Å². The van der Waals surface area contributed by atoms with E-state index in [0.717, 1.165) is 0 Å². The van der Waals surface area contributed by atoms with E-state index in [1.807, 2.05) is 0 Å². The molecule has 0 aliphatic heterocycles. The Bertz CT molecular complexity index is 1040. The molecule has 0 bridgehead atoms. The molecule has 1 aromatic heterocycles. The van der Waals surface area contributed by atoms with E-state index in [1.54, 1.807) is 24.3 Å². The second-order valence-corrected chi connectivity index (χ2v) is 6.02. The lowest BCUT2D eigenvalue weighted by Crippen LogP contribution is -2.31. The van der Waals surface area contributed by atoms with Gasteiger partial charge in [0.25, 0.3) is 11.8 Å². The molecule has 0 spiro atoms. The van der Waals surface area contributed by atoms with Crippen molar-refractivity contribution in [3.8, 4) is 28.8 Å². The normalized spacial score (nSPS) is 11.5. The topological polar surface area (TPSA) is 130 Å². The van der Waals surface area contributed by atoms with Crippen LogP contribution in [-0.2, 0) is 4.79 Å². The minimum absolute atomic E-state index is 0.0123. The molecule has 4 N–H and O–H groups in total. The largest absolute Gasteiger partial charge is 0.464 e. The number of nitrogens with two attached hydrogens (primary N) is 2. The van der Waals surface area contributed by atoms with Gasteiger partial charge in [0.2, 0.25) is 5.88 Å². The van der Waals surface area contributed by atoms with Crippen LogP contribution in [0.3, 0.4) is 0 Å². The number of ether oxygens (including phenoxy) is 2. The standard InChI is InChI=1S/C20H17FN4O4/c1-11(18(22)26)28-17-10-16(19(23)27)24-20(25-17)12-2-6-14(7-3-12)29-15-8-4-13(21)5-9-15/h2-11H,1H3,(H2,22,26)(H2,23,27)/t11-/m0/s1. The summed E-state index contributed by atoms with van der Waals surface area (Å²) < 4.78 is 24.0.